The van der Waals surface area contributed by atoms with Crippen LogP contribution in [0.5, 0.6) is 0 Å². The standard InChI is InChI=1S/C14H13N5O/c15-9-11-2-1-3-12(8-11)14(20)18-7-4-13(10-18)19-16-5-6-17-19/h1-3,5-6,8,13H,4,7,10H2. The van der Waals surface area contributed by atoms with Gasteiger partial charge in [0.2, 0.25) is 0 Å². The molecule has 3 rings (SSSR count). The van der Waals surface area contributed by atoms with Crippen LogP contribution in [0.4, 0.5) is 0 Å². The molecule has 1 saturated heterocycles. The van der Waals surface area contributed by atoms with Gasteiger partial charge in [0.1, 0.15) is 0 Å². The van der Waals surface area contributed by atoms with Crippen molar-refractivity contribution in [3.8, 4) is 6.07 Å². The number of nitrogens with zero attached hydrogens (tertiary/aromatic N) is 5. The number of nitriles is 1. The Kier molecular flexibility index (Phi) is 3.17. The maximum absolute atomic E-state index is 12.4. The molecule has 1 aliphatic rings. The van der Waals surface area contributed by atoms with Crippen LogP contribution in [-0.4, -0.2) is 38.9 Å². The van der Waals surface area contributed by atoms with Crippen LogP contribution in [0, 0.1) is 11.3 Å². The largest absolute Gasteiger partial charge is 0.336 e. The minimum Gasteiger partial charge on any atom is -0.336 e. The van der Waals surface area contributed by atoms with E-state index in [4.69, 9.17) is 5.26 Å². The molecule has 1 atom stereocenters. The fraction of sp³-hybridized carbons (Fsp3) is 0.286. The van der Waals surface area contributed by atoms with Gasteiger partial charge in [-0.3, -0.25) is 4.79 Å². The van der Waals surface area contributed by atoms with Crippen LogP contribution in [0.3, 0.4) is 0 Å². The molecule has 0 saturated carbocycles. The molecule has 1 fully saturated rings. The van der Waals surface area contributed by atoms with Crippen molar-refractivity contribution in [1.29, 1.82) is 5.26 Å². The monoisotopic (exact) mass is 267 g/mol. The van der Waals surface area contributed by atoms with E-state index in [0.717, 1.165) is 6.42 Å². The Hall–Kier alpha value is -2.68. The summed E-state index contributed by atoms with van der Waals surface area (Å²) in [5, 5.41) is 17.1. The van der Waals surface area contributed by atoms with E-state index in [2.05, 4.69) is 10.2 Å². The molecule has 0 spiro atoms. The second-order valence-corrected chi connectivity index (χ2v) is 4.74. The first-order valence-electron chi connectivity index (χ1n) is 6.43. The van der Waals surface area contributed by atoms with Crippen LogP contribution in [-0.2, 0) is 0 Å². The molecule has 100 valence electrons. The number of benzene rings is 1. The summed E-state index contributed by atoms with van der Waals surface area (Å²) >= 11 is 0. The summed E-state index contributed by atoms with van der Waals surface area (Å²) in [4.78, 5) is 15.8. The summed E-state index contributed by atoms with van der Waals surface area (Å²) in [6.45, 7) is 1.28. The molecular weight excluding hydrogens is 254 g/mol. The van der Waals surface area contributed by atoms with E-state index in [-0.39, 0.29) is 11.9 Å². The lowest BCUT2D eigenvalue weighted by atomic mass is 10.1. The van der Waals surface area contributed by atoms with Crippen molar-refractivity contribution in [2.45, 2.75) is 12.5 Å². The zero-order valence-electron chi connectivity index (χ0n) is 10.8. The van der Waals surface area contributed by atoms with Crippen LogP contribution in [0.15, 0.2) is 36.7 Å². The van der Waals surface area contributed by atoms with Gasteiger partial charge in [-0.05, 0) is 24.6 Å². The summed E-state index contributed by atoms with van der Waals surface area (Å²) in [5.74, 6) is -0.0447. The van der Waals surface area contributed by atoms with E-state index >= 15 is 0 Å². The molecule has 0 N–H and O–H groups in total. The maximum Gasteiger partial charge on any atom is 0.253 e. The molecule has 1 unspecified atom stereocenters. The molecular formula is C14H13N5O. The molecule has 1 amide bonds. The van der Waals surface area contributed by atoms with Crippen molar-refractivity contribution in [1.82, 2.24) is 19.9 Å². The summed E-state index contributed by atoms with van der Waals surface area (Å²) in [5.41, 5.74) is 1.05. The van der Waals surface area contributed by atoms with Gasteiger partial charge in [-0.1, -0.05) is 6.07 Å². The lowest BCUT2D eigenvalue weighted by Gasteiger charge is -2.16. The molecule has 1 aromatic carbocycles. The Morgan fingerprint density at radius 3 is 2.90 bits per heavy atom. The van der Waals surface area contributed by atoms with E-state index < -0.39 is 0 Å². The topological polar surface area (TPSA) is 74.8 Å². The van der Waals surface area contributed by atoms with Gasteiger partial charge in [-0.2, -0.15) is 20.3 Å². The predicted octanol–water partition coefficient (Wildman–Crippen LogP) is 1.24. The quantitative estimate of drug-likeness (QED) is 0.820. The minimum atomic E-state index is -0.0447. The number of carbonyl (C=O) groups is 1. The van der Waals surface area contributed by atoms with Crippen molar-refractivity contribution >= 4 is 5.91 Å². The molecule has 0 aliphatic carbocycles. The number of likely N-dealkylation sites (tertiary alicyclic amines) is 1. The van der Waals surface area contributed by atoms with Gasteiger partial charge in [0.05, 0.1) is 30.1 Å². The summed E-state index contributed by atoms with van der Waals surface area (Å²) in [6.07, 6.45) is 4.13. The second kappa shape index (κ2) is 5.13. The van der Waals surface area contributed by atoms with Gasteiger partial charge >= 0.3 is 0 Å². The van der Waals surface area contributed by atoms with Gasteiger partial charge in [-0.25, -0.2) is 0 Å². The highest BCUT2D eigenvalue weighted by atomic mass is 16.2. The van der Waals surface area contributed by atoms with Gasteiger partial charge in [0.15, 0.2) is 0 Å². The first-order chi connectivity index (χ1) is 9.78. The highest BCUT2D eigenvalue weighted by Crippen LogP contribution is 2.21. The Morgan fingerprint density at radius 2 is 2.15 bits per heavy atom. The Bertz CT molecular complexity index is 658. The third kappa shape index (κ3) is 2.26. The van der Waals surface area contributed by atoms with Gasteiger partial charge < -0.3 is 4.90 Å². The molecule has 0 radical (unpaired) electrons. The highest BCUT2D eigenvalue weighted by molar-refractivity contribution is 5.94. The first kappa shape index (κ1) is 12.4. The normalized spacial score (nSPS) is 17.9. The van der Waals surface area contributed by atoms with Gasteiger partial charge in [-0.15, -0.1) is 0 Å². The van der Waals surface area contributed by atoms with E-state index in [0.29, 0.717) is 24.2 Å². The number of rotatable bonds is 2. The fourth-order valence-corrected chi connectivity index (χ4v) is 2.43. The molecule has 2 heterocycles. The Balaban J connectivity index is 1.74. The van der Waals surface area contributed by atoms with Crippen LogP contribution in [0.25, 0.3) is 0 Å². The van der Waals surface area contributed by atoms with Crippen molar-refractivity contribution in [2.24, 2.45) is 0 Å². The SMILES string of the molecule is N#Cc1cccc(C(=O)N2CCC(n3nccn3)C2)c1. The number of amides is 1. The van der Waals surface area contributed by atoms with E-state index in [1.54, 1.807) is 46.4 Å². The van der Waals surface area contributed by atoms with E-state index in [1.807, 2.05) is 6.07 Å². The van der Waals surface area contributed by atoms with E-state index in [9.17, 15) is 4.79 Å². The average Bonchev–Trinajstić information content (AvgIpc) is 3.17. The minimum absolute atomic E-state index is 0.0447. The lowest BCUT2D eigenvalue weighted by Crippen LogP contribution is -2.29. The summed E-state index contributed by atoms with van der Waals surface area (Å²) in [7, 11) is 0. The van der Waals surface area contributed by atoms with Crippen LogP contribution >= 0.6 is 0 Å². The fourth-order valence-electron chi connectivity index (χ4n) is 2.43. The third-order valence-corrected chi connectivity index (χ3v) is 3.45. The first-order valence-corrected chi connectivity index (χ1v) is 6.43. The van der Waals surface area contributed by atoms with Crippen molar-refractivity contribution < 1.29 is 4.79 Å². The molecule has 6 heteroatoms. The van der Waals surface area contributed by atoms with Crippen molar-refractivity contribution in [2.75, 3.05) is 13.1 Å². The Morgan fingerprint density at radius 1 is 1.35 bits per heavy atom. The van der Waals surface area contributed by atoms with Crippen molar-refractivity contribution in [3.63, 3.8) is 0 Å². The van der Waals surface area contributed by atoms with Crippen LogP contribution < -0.4 is 0 Å². The van der Waals surface area contributed by atoms with Crippen molar-refractivity contribution in [3.05, 3.63) is 47.8 Å². The lowest BCUT2D eigenvalue weighted by molar-refractivity contribution is 0.0786. The van der Waals surface area contributed by atoms with Gasteiger partial charge in [0.25, 0.3) is 5.91 Å². The third-order valence-electron chi connectivity index (χ3n) is 3.45. The van der Waals surface area contributed by atoms with Gasteiger partial charge in [0, 0.05) is 18.7 Å². The smallest absolute Gasteiger partial charge is 0.253 e. The molecule has 2 aromatic rings. The number of hydrogen-bond acceptors (Lipinski definition) is 4. The van der Waals surface area contributed by atoms with Crippen LogP contribution in [0.1, 0.15) is 28.4 Å². The summed E-state index contributed by atoms with van der Waals surface area (Å²) in [6, 6.07) is 8.97. The predicted molar refractivity (Wildman–Crippen MR) is 70.7 cm³/mol. The highest BCUT2D eigenvalue weighted by Gasteiger charge is 2.28. The summed E-state index contributed by atoms with van der Waals surface area (Å²) < 4.78 is 0. The number of carbonyl (C=O) groups excluding carboxylic acids is 1. The van der Waals surface area contributed by atoms with E-state index in [1.165, 1.54) is 0 Å². The zero-order valence-corrected chi connectivity index (χ0v) is 10.8. The maximum atomic E-state index is 12.4. The molecule has 6 nitrogen and oxygen atoms in total. The average molecular weight is 267 g/mol. The van der Waals surface area contributed by atoms with Crippen LogP contribution in [0.2, 0.25) is 0 Å². The Labute approximate surface area is 116 Å². The second-order valence-electron chi connectivity index (χ2n) is 4.74. The zero-order chi connectivity index (χ0) is 13.9. The number of aromatic nitrogens is 3. The molecule has 0 bridgehead atoms. The number of hydrogen-bond donors (Lipinski definition) is 0. The molecule has 20 heavy (non-hydrogen) atoms. The molecule has 1 aliphatic heterocycles. The molecule has 1 aromatic heterocycles.